The van der Waals surface area contributed by atoms with Crippen LogP contribution in [0.2, 0.25) is 0 Å². The Labute approximate surface area is 214 Å². The van der Waals surface area contributed by atoms with Crippen molar-refractivity contribution in [2.45, 2.75) is 13.0 Å². The Morgan fingerprint density at radius 1 is 1.00 bits per heavy atom. The van der Waals surface area contributed by atoms with Crippen LogP contribution in [-0.4, -0.2) is 17.8 Å². The van der Waals surface area contributed by atoms with E-state index >= 15 is 0 Å². The van der Waals surface area contributed by atoms with Crippen molar-refractivity contribution < 1.29 is 27.9 Å². The third-order valence-corrected chi connectivity index (χ3v) is 5.92. The molecule has 1 N–H and O–H groups in total. The number of anilines is 1. The van der Waals surface area contributed by atoms with Gasteiger partial charge in [-0.05, 0) is 82.0 Å². The third kappa shape index (κ3) is 5.26. The predicted molar refractivity (Wildman–Crippen MR) is 134 cm³/mol. The summed E-state index contributed by atoms with van der Waals surface area (Å²) < 4.78 is 33.7. The van der Waals surface area contributed by atoms with Crippen LogP contribution in [0, 0.1) is 11.6 Å². The number of halogens is 3. The number of carbonyl (C=O) groups is 3. The van der Waals surface area contributed by atoms with Crippen LogP contribution in [0.15, 0.2) is 83.4 Å². The Morgan fingerprint density at radius 3 is 2.42 bits per heavy atom. The minimum absolute atomic E-state index is 0.00845. The number of ether oxygens (including phenoxy) is 1. The summed E-state index contributed by atoms with van der Waals surface area (Å²) in [4.78, 5) is 38.7. The van der Waals surface area contributed by atoms with Crippen molar-refractivity contribution >= 4 is 45.5 Å². The number of urea groups is 1. The van der Waals surface area contributed by atoms with Gasteiger partial charge in [0, 0.05) is 5.56 Å². The lowest BCUT2D eigenvalue weighted by Crippen LogP contribution is -2.54. The van der Waals surface area contributed by atoms with Gasteiger partial charge in [0.2, 0.25) is 0 Å². The van der Waals surface area contributed by atoms with Crippen LogP contribution < -0.4 is 15.0 Å². The first-order chi connectivity index (χ1) is 17.3. The van der Waals surface area contributed by atoms with Gasteiger partial charge >= 0.3 is 6.03 Å². The summed E-state index contributed by atoms with van der Waals surface area (Å²) in [5.74, 6) is -2.17. The number of imide groups is 2. The van der Waals surface area contributed by atoms with Crippen molar-refractivity contribution in [2.24, 2.45) is 0 Å². The Bertz CT molecular complexity index is 1400. The number of carbonyl (C=O) groups excluding carboxylic acids is 3. The van der Waals surface area contributed by atoms with Crippen LogP contribution in [0.5, 0.6) is 5.75 Å². The van der Waals surface area contributed by atoms with Gasteiger partial charge in [0.15, 0.2) is 0 Å². The summed E-state index contributed by atoms with van der Waals surface area (Å²) in [5.41, 5.74) is 1.37. The summed E-state index contributed by atoms with van der Waals surface area (Å²) in [6, 6.07) is 13.4. The highest BCUT2D eigenvalue weighted by Crippen LogP contribution is 2.34. The van der Waals surface area contributed by atoms with Crippen LogP contribution in [0.3, 0.4) is 0 Å². The number of barbiturate groups is 1. The van der Waals surface area contributed by atoms with E-state index in [1.54, 1.807) is 36.4 Å². The van der Waals surface area contributed by atoms with Gasteiger partial charge in [0.05, 0.1) is 10.2 Å². The lowest BCUT2D eigenvalue weighted by molar-refractivity contribution is -0.122. The molecule has 0 aliphatic carbocycles. The Morgan fingerprint density at radius 2 is 1.72 bits per heavy atom. The maximum absolute atomic E-state index is 14.0. The van der Waals surface area contributed by atoms with Gasteiger partial charge in [0.25, 0.3) is 11.8 Å². The molecule has 1 heterocycles. The second-order valence-electron chi connectivity index (χ2n) is 7.80. The van der Waals surface area contributed by atoms with Gasteiger partial charge in [0.1, 0.15) is 29.6 Å². The zero-order valence-corrected chi connectivity index (χ0v) is 20.3. The van der Waals surface area contributed by atoms with Gasteiger partial charge in [-0.2, -0.15) is 0 Å². The monoisotopic (exact) mass is 552 g/mol. The molecule has 1 fully saturated rings. The van der Waals surface area contributed by atoms with Gasteiger partial charge < -0.3 is 4.74 Å². The van der Waals surface area contributed by atoms with Crippen molar-refractivity contribution in [3.63, 3.8) is 0 Å². The SMILES string of the molecule is C=CCc1cc(/C=C2\C(=O)NC(=O)N(c3ccc(F)cc3)C2=O)cc(Br)c1OCc1ccccc1F. The molecule has 1 aliphatic heterocycles. The highest BCUT2D eigenvalue weighted by molar-refractivity contribution is 9.10. The first-order valence-electron chi connectivity index (χ1n) is 10.7. The van der Waals surface area contributed by atoms with E-state index in [1.165, 1.54) is 24.3 Å². The molecular formula is C27H19BrF2N2O4. The molecule has 9 heteroatoms. The van der Waals surface area contributed by atoms with Gasteiger partial charge in [-0.15, -0.1) is 6.58 Å². The van der Waals surface area contributed by atoms with Crippen LogP contribution in [0.25, 0.3) is 6.08 Å². The molecule has 4 rings (SSSR count). The average molecular weight is 553 g/mol. The number of nitrogens with zero attached hydrogens (tertiary/aromatic N) is 1. The van der Waals surface area contributed by atoms with Gasteiger partial charge in [-0.25, -0.2) is 18.5 Å². The Kier molecular flexibility index (Phi) is 7.40. The maximum Gasteiger partial charge on any atom is 0.335 e. The second-order valence-corrected chi connectivity index (χ2v) is 8.65. The van der Waals surface area contributed by atoms with Gasteiger partial charge in [-0.1, -0.05) is 24.3 Å². The zero-order valence-electron chi connectivity index (χ0n) is 18.8. The quantitative estimate of drug-likeness (QED) is 0.232. The van der Waals surface area contributed by atoms with Crippen LogP contribution in [0.4, 0.5) is 19.3 Å². The fraction of sp³-hybridized carbons (Fsp3) is 0.0741. The first kappa shape index (κ1) is 25.0. The molecule has 1 aliphatic rings. The number of rotatable bonds is 7. The van der Waals surface area contributed by atoms with E-state index in [2.05, 4.69) is 27.8 Å². The van der Waals surface area contributed by atoms with Crippen molar-refractivity contribution in [1.82, 2.24) is 5.32 Å². The number of allylic oxidation sites excluding steroid dienone is 1. The topological polar surface area (TPSA) is 75.7 Å². The number of amides is 4. The summed E-state index contributed by atoms with van der Waals surface area (Å²) >= 11 is 3.45. The zero-order chi connectivity index (χ0) is 25.8. The lowest BCUT2D eigenvalue weighted by Gasteiger charge is -2.26. The molecule has 36 heavy (non-hydrogen) atoms. The lowest BCUT2D eigenvalue weighted by atomic mass is 10.0. The molecule has 3 aromatic carbocycles. The summed E-state index contributed by atoms with van der Waals surface area (Å²) in [6.07, 6.45) is 3.39. The Hall–Kier alpha value is -4.11. The average Bonchev–Trinajstić information content (AvgIpc) is 2.83. The minimum Gasteiger partial charge on any atom is -0.487 e. The number of nitrogens with one attached hydrogen (secondary N) is 1. The molecule has 0 radical (unpaired) electrons. The van der Waals surface area contributed by atoms with E-state index in [9.17, 15) is 23.2 Å². The molecule has 0 unspecified atom stereocenters. The fourth-order valence-electron chi connectivity index (χ4n) is 3.64. The number of hydrogen-bond donors (Lipinski definition) is 1. The summed E-state index contributed by atoms with van der Waals surface area (Å²) in [7, 11) is 0. The first-order valence-corrected chi connectivity index (χ1v) is 11.5. The number of hydrogen-bond acceptors (Lipinski definition) is 4. The fourth-order valence-corrected chi connectivity index (χ4v) is 4.27. The van der Waals surface area contributed by atoms with Crippen molar-refractivity contribution in [3.8, 4) is 5.75 Å². The summed E-state index contributed by atoms with van der Waals surface area (Å²) in [6.45, 7) is 3.74. The Balaban J connectivity index is 1.67. The molecule has 0 bridgehead atoms. The van der Waals surface area contributed by atoms with Crippen LogP contribution in [-0.2, 0) is 22.6 Å². The van der Waals surface area contributed by atoms with Crippen molar-refractivity contribution in [3.05, 3.63) is 112 Å². The largest absolute Gasteiger partial charge is 0.487 e. The molecule has 3 aromatic rings. The molecule has 1 saturated heterocycles. The molecule has 0 aromatic heterocycles. The van der Waals surface area contributed by atoms with Crippen LogP contribution in [0.1, 0.15) is 16.7 Å². The molecule has 0 spiro atoms. The second kappa shape index (κ2) is 10.7. The minimum atomic E-state index is -0.931. The molecular weight excluding hydrogens is 534 g/mol. The highest BCUT2D eigenvalue weighted by Gasteiger charge is 2.36. The normalized spacial score (nSPS) is 14.7. The van der Waals surface area contributed by atoms with E-state index in [4.69, 9.17) is 4.74 Å². The maximum atomic E-state index is 14.0. The molecule has 6 nitrogen and oxygen atoms in total. The predicted octanol–water partition coefficient (Wildman–Crippen LogP) is 5.70. The van der Waals surface area contributed by atoms with E-state index in [0.717, 1.165) is 17.0 Å². The number of benzene rings is 3. The van der Waals surface area contributed by atoms with E-state index in [0.29, 0.717) is 33.3 Å². The smallest absolute Gasteiger partial charge is 0.335 e. The third-order valence-electron chi connectivity index (χ3n) is 5.33. The highest BCUT2D eigenvalue weighted by atomic mass is 79.9. The molecule has 182 valence electrons. The van der Waals surface area contributed by atoms with Crippen LogP contribution >= 0.6 is 15.9 Å². The molecule has 0 atom stereocenters. The van der Waals surface area contributed by atoms with Crippen molar-refractivity contribution in [2.75, 3.05) is 4.90 Å². The van der Waals surface area contributed by atoms with E-state index in [1.807, 2.05) is 0 Å². The van der Waals surface area contributed by atoms with Gasteiger partial charge in [-0.3, -0.25) is 14.9 Å². The standard InChI is InChI=1S/C27H19BrF2N2O4/c1-2-5-17-12-16(14-22(28)24(17)36-15-18-6-3-4-7-23(18)30)13-21-25(33)31-27(35)32(26(21)34)20-10-8-19(29)9-11-20/h2-4,6-14H,1,5,15H2,(H,31,33,35)/b21-13+. The van der Waals surface area contributed by atoms with Crippen molar-refractivity contribution in [1.29, 1.82) is 0 Å². The van der Waals surface area contributed by atoms with E-state index < -0.39 is 23.7 Å². The molecule has 4 amide bonds. The summed E-state index contributed by atoms with van der Waals surface area (Å²) in [5, 5.41) is 2.13. The van der Waals surface area contributed by atoms with E-state index in [-0.39, 0.29) is 23.7 Å². The molecule has 0 saturated carbocycles.